The van der Waals surface area contributed by atoms with Crippen molar-refractivity contribution in [2.45, 2.75) is 25.3 Å². The van der Waals surface area contributed by atoms with Crippen LogP contribution in [-0.2, 0) is 9.59 Å². The van der Waals surface area contributed by atoms with E-state index in [1.807, 2.05) is 0 Å². The Kier molecular flexibility index (Phi) is 5.00. The van der Waals surface area contributed by atoms with Crippen LogP contribution in [0.15, 0.2) is 0 Å². The summed E-state index contributed by atoms with van der Waals surface area (Å²) in [6.07, 6.45) is 2.20. The van der Waals surface area contributed by atoms with E-state index in [-0.39, 0.29) is 0 Å². The minimum atomic E-state index is -1.26. The number of urea groups is 1. The van der Waals surface area contributed by atoms with E-state index in [1.165, 1.54) is 12.8 Å². The summed E-state index contributed by atoms with van der Waals surface area (Å²) in [5, 5.41) is 11.3. The smallest absolute Gasteiger partial charge is 0.326 e. The lowest BCUT2D eigenvalue weighted by Gasteiger charge is -2.35. The second kappa shape index (κ2) is 6.75. The maximum atomic E-state index is 12.0. The molecule has 0 aromatic carbocycles. The minimum Gasteiger partial charge on any atom is -0.480 e. The number of nitrogens with two attached hydrogens (primary N) is 1. The molecule has 8 heteroatoms. The van der Waals surface area contributed by atoms with Gasteiger partial charge in [0.15, 0.2) is 0 Å². The number of amides is 3. The van der Waals surface area contributed by atoms with Gasteiger partial charge in [-0.05, 0) is 18.8 Å². The number of hydrogen-bond acceptors (Lipinski definition) is 4. The average Bonchev–Trinajstić information content (AvgIpc) is 3.22. The van der Waals surface area contributed by atoms with Crippen molar-refractivity contribution in [2.75, 3.05) is 32.7 Å². The zero-order chi connectivity index (χ0) is 15.4. The van der Waals surface area contributed by atoms with Crippen LogP contribution >= 0.6 is 0 Å². The van der Waals surface area contributed by atoms with E-state index in [4.69, 9.17) is 10.8 Å². The number of aliphatic carboxylic acids is 1. The Balaban J connectivity index is 1.77. The maximum Gasteiger partial charge on any atom is 0.326 e. The summed E-state index contributed by atoms with van der Waals surface area (Å²) in [5.74, 6) is -1.19. The summed E-state index contributed by atoms with van der Waals surface area (Å²) in [7, 11) is 0. The molecule has 1 saturated heterocycles. The standard InChI is InChI=1S/C13H22N4O4/c14-11(18)7-10(12(19)20)15-13(21)17-5-3-16(4-6-17)8-9-1-2-9/h9-10H,1-8H2,(H2,14,18)(H,15,21)(H,19,20)/t10-/m0/s1. The number of carbonyl (C=O) groups excluding carboxylic acids is 2. The monoisotopic (exact) mass is 298 g/mol. The highest BCUT2D eigenvalue weighted by atomic mass is 16.4. The number of carbonyl (C=O) groups is 3. The summed E-state index contributed by atoms with van der Waals surface area (Å²) in [4.78, 5) is 37.7. The number of rotatable bonds is 6. The number of hydrogen-bond donors (Lipinski definition) is 3. The first kappa shape index (κ1) is 15.6. The molecule has 0 radical (unpaired) electrons. The van der Waals surface area contributed by atoms with Crippen LogP contribution < -0.4 is 11.1 Å². The molecule has 1 heterocycles. The molecular formula is C13H22N4O4. The summed E-state index contributed by atoms with van der Waals surface area (Å²) in [6.45, 7) is 3.84. The lowest BCUT2D eigenvalue weighted by molar-refractivity contribution is -0.141. The highest BCUT2D eigenvalue weighted by Gasteiger charge is 2.29. The van der Waals surface area contributed by atoms with Crippen LogP contribution in [0.2, 0.25) is 0 Å². The van der Waals surface area contributed by atoms with E-state index in [2.05, 4.69) is 10.2 Å². The number of piperazine rings is 1. The fraction of sp³-hybridized carbons (Fsp3) is 0.769. The van der Waals surface area contributed by atoms with Crippen molar-refractivity contribution in [3.8, 4) is 0 Å². The quantitative estimate of drug-likeness (QED) is 0.585. The fourth-order valence-electron chi connectivity index (χ4n) is 2.44. The summed E-state index contributed by atoms with van der Waals surface area (Å²) >= 11 is 0. The van der Waals surface area contributed by atoms with E-state index in [9.17, 15) is 14.4 Å². The molecule has 0 aromatic rings. The Hall–Kier alpha value is -1.83. The maximum absolute atomic E-state index is 12.0. The molecule has 118 valence electrons. The van der Waals surface area contributed by atoms with Gasteiger partial charge in [0.05, 0.1) is 6.42 Å². The largest absolute Gasteiger partial charge is 0.480 e. The van der Waals surface area contributed by atoms with E-state index in [0.29, 0.717) is 13.1 Å². The van der Waals surface area contributed by atoms with Gasteiger partial charge in [-0.25, -0.2) is 9.59 Å². The third-order valence-corrected chi connectivity index (χ3v) is 3.87. The predicted octanol–water partition coefficient (Wildman–Crippen LogP) is -0.948. The molecule has 1 aliphatic heterocycles. The molecule has 1 atom stereocenters. The number of primary amides is 1. The van der Waals surface area contributed by atoms with Crippen LogP contribution in [0.25, 0.3) is 0 Å². The van der Waals surface area contributed by atoms with Crippen molar-refractivity contribution in [3.63, 3.8) is 0 Å². The normalized spacial score (nSPS) is 20.9. The van der Waals surface area contributed by atoms with Crippen LogP contribution in [0, 0.1) is 5.92 Å². The predicted molar refractivity (Wildman–Crippen MR) is 74.5 cm³/mol. The minimum absolute atomic E-state index is 0.400. The molecule has 1 aliphatic carbocycles. The second-order valence-electron chi connectivity index (χ2n) is 5.74. The van der Waals surface area contributed by atoms with Crippen LogP contribution in [0.1, 0.15) is 19.3 Å². The fourth-order valence-corrected chi connectivity index (χ4v) is 2.44. The molecule has 2 aliphatic rings. The lowest BCUT2D eigenvalue weighted by Crippen LogP contribution is -2.55. The summed E-state index contributed by atoms with van der Waals surface area (Å²) < 4.78 is 0. The molecule has 0 aromatic heterocycles. The van der Waals surface area contributed by atoms with Gasteiger partial charge in [0.1, 0.15) is 6.04 Å². The van der Waals surface area contributed by atoms with Gasteiger partial charge < -0.3 is 21.1 Å². The first-order valence-corrected chi connectivity index (χ1v) is 7.24. The van der Waals surface area contributed by atoms with Crippen molar-refractivity contribution < 1.29 is 19.5 Å². The summed E-state index contributed by atoms with van der Waals surface area (Å²) in [6, 6.07) is -1.71. The van der Waals surface area contributed by atoms with Gasteiger partial charge in [0.25, 0.3) is 0 Å². The van der Waals surface area contributed by atoms with Gasteiger partial charge in [0, 0.05) is 32.7 Å². The van der Waals surface area contributed by atoms with Crippen molar-refractivity contribution in [1.82, 2.24) is 15.1 Å². The van der Waals surface area contributed by atoms with Crippen LogP contribution in [-0.4, -0.2) is 71.6 Å². The first-order valence-electron chi connectivity index (χ1n) is 7.24. The van der Waals surface area contributed by atoms with Gasteiger partial charge in [-0.1, -0.05) is 0 Å². The lowest BCUT2D eigenvalue weighted by atomic mass is 10.2. The van der Waals surface area contributed by atoms with Crippen molar-refractivity contribution in [2.24, 2.45) is 11.7 Å². The molecule has 21 heavy (non-hydrogen) atoms. The zero-order valence-corrected chi connectivity index (χ0v) is 12.0. The average molecular weight is 298 g/mol. The van der Waals surface area contributed by atoms with Gasteiger partial charge in [-0.3, -0.25) is 9.69 Å². The van der Waals surface area contributed by atoms with Crippen molar-refractivity contribution in [1.29, 1.82) is 0 Å². The molecule has 0 spiro atoms. The molecule has 0 bridgehead atoms. The van der Waals surface area contributed by atoms with E-state index >= 15 is 0 Å². The molecule has 2 fully saturated rings. The molecule has 4 N–H and O–H groups in total. The second-order valence-corrected chi connectivity index (χ2v) is 5.74. The zero-order valence-electron chi connectivity index (χ0n) is 12.0. The molecule has 1 saturated carbocycles. The Morgan fingerprint density at radius 1 is 1.19 bits per heavy atom. The SMILES string of the molecule is NC(=O)C[C@H](NC(=O)N1CCN(CC2CC2)CC1)C(=O)O. The van der Waals surface area contributed by atoms with Gasteiger partial charge >= 0.3 is 12.0 Å². The summed E-state index contributed by atoms with van der Waals surface area (Å²) in [5.41, 5.74) is 4.98. The van der Waals surface area contributed by atoms with E-state index in [0.717, 1.165) is 25.6 Å². The molecule has 2 rings (SSSR count). The number of carboxylic acids is 1. The number of carboxylic acid groups (broad SMARTS) is 1. The Morgan fingerprint density at radius 3 is 2.29 bits per heavy atom. The molecule has 8 nitrogen and oxygen atoms in total. The highest BCUT2D eigenvalue weighted by molar-refractivity contribution is 5.87. The van der Waals surface area contributed by atoms with Gasteiger partial charge in [-0.15, -0.1) is 0 Å². The van der Waals surface area contributed by atoms with Crippen LogP contribution in [0.3, 0.4) is 0 Å². The Morgan fingerprint density at radius 2 is 1.81 bits per heavy atom. The number of nitrogens with one attached hydrogen (secondary N) is 1. The van der Waals surface area contributed by atoms with Crippen molar-refractivity contribution >= 4 is 17.9 Å². The first-order chi connectivity index (χ1) is 9.95. The molecule has 0 unspecified atom stereocenters. The van der Waals surface area contributed by atoms with E-state index < -0.39 is 30.4 Å². The van der Waals surface area contributed by atoms with Crippen LogP contribution in [0.4, 0.5) is 4.79 Å². The number of nitrogens with zero attached hydrogens (tertiary/aromatic N) is 2. The third kappa shape index (κ3) is 4.89. The van der Waals surface area contributed by atoms with Gasteiger partial charge in [0.2, 0.25) is 5.91 Å². The topological polar surface area (TPSA) is 116 Å². The Labute approximate surface area is 123 Å². The third-order valence-electron chi connectivity index (χ3n) is 3.87. The van der Waals surface area contributed by atoms with Gasteiger partial charge in [-0.2, -0.15) is 0 Å². The highest BCUT2D eigenvalue weighted by Crippen LogP contribution is 2.29. The van der Waals surface area contributed by atoms with E-state index in [1.54, 1.807) is 4.90 Å². The van der Waals surface area contributed by atoms with Crippen LogP contribution in [0.5, 0.6) is 0 Å². The molecular weight excluding hydrogens is 276 g/mol. The van der Waals surface area contributed by atoms with Crippen molar-refractivity contribution in [3.05, 3.63) is 0 Å². The molecule has 3 amide bonds. The Bertz CT molecular complexity index is 416.